The van der Waals surface area contributed by atoms with Crippen molar-refractivity contribution in [3.8, 4) is 11.3 Å². The summed E-state index contributed by atoms with van der Waals surface area (Å²) in [5.74, 6) is -0.0141. The van der Waals surface area contributed by atoms with Gasteiger partial charge in [-0.2, -0.15) is 10.2 Å². The lowest BCUT2D eigenvalue weighted by Crippen LogP contribution is -2.38. The zero-order chi connectivity index (χ0) is 16.1. The molecule has 0 bridgehead atoms. The molecule has 3 heterocycles. The highest BCUT2D eigenvalue weighted by molar-refractivity contribution is 5.77. The number of amides is 1. The fourth-order valence-electron chi connectivity index (χ4n) is 2.53. The van der Waals surface area contributed by atoms with Crippen molar-refractivity contribution in [1.82, 2.24) is 20.1 Å². The van der Waals surface area contributed by atoms with E-state index in [-0.39, 0.29) is 12.5 Å². The number of carbonyl (C=O) groups is 1. The van der Waals surface area contributed by atoms with Crippen LogP contribution in [0.1, 0.15) is 11.3 Å². The van der Waals surface area contributed by atoms with Crippen LogP contribution < -0.4 is 0 Å². The van der Waals surface area contributed by atoms with Crippen LogP contribution in [0.3, 0.4) is 0 Å². The molecule has 1 aliphatic heterocycles. The first-order valence-corrected chi connectivity index (χ1v) is 7.50. The molecule has 0 saturated heterocycles. The smallest absolute Gasteiger partial charge is 0.248 e. The maximum atomic E-state index is 12.2. The number of hydrogen-bond donors (Lipinski definition) is 0. The summed E-state index contributed by atoms with van der Waals surface area (Å²) in [4.78, 5) is 18.0. The fourth-order valence-corrected chi connectivity index (χ4v) is 2.53. The fraction of sp³-hybridized carbons (Fsp3) is 0.294. The zero-order valence-electron chi connectivity index (χ0n) is 12.8. The number of pyridine rings is 1. The highest BCUT2D eigenvalue weighted by Crippen LogP contribution is 2.22. The molecule has 3 rings (SSSR count). The van der Waals surface area contributed by atoms with Gasteiger partial charge in [0.1, 0.15) is 6.61 Å². The molecule has 0 aliphatic carbocycles. The van der Waals surface area contributed by atoms with Gasteiger partial charge in [0.25, 0.3) is 0 Å². The summed E-state index contributed by atoms with van der Waals surface area (Å²) in [5, 5.41) is 8.59. The average molecular weight is 310 g/mol. The molecular formula is C17H18N4O2. The lowest BCUT2D eigenvalue weighted by molar-refractivity contribution is -0.136. The maximum Gasteiger partial charge on any atom is 0.248 e. The Bertz CT molecular complexity index is 703. The Balaban J connectivity index is 1.74. The number of hydrogen-bond acceptors (Lipinski definition) is 5. The van der Waals surface area contributed by atoms with Crippen LogP contribution in [0.5, 0.6) is 0 Å². The van der Waals surface area contributed by atoms with Crippen LogP contribution in [0.2, 0.25) is 0 Å². The number of carbonyl (C=O) groups excluding carboxylic acids is 1. The largest absolute Gasteiger partial charge is 0.368 e. The van der Waals surface area contributed by atoms with Crippen LogP contribution in [-0.4, -0.2) is 45.7 Å². The maximum absolute atomic E-state index is 12.2. The minimum atomic E-state index is -0.0141. The predicted octanol–water partition coefficient (Wildman–Crippen LogP) is 1.63. The third kappa shape index (κ3) is 3.60. The molecule has 0 spiro atoms. The van der Waals surface area contributed by atoms with Gasteiger partial charge in [-0.1, -0.05) is 6.08 Å². The second-order valence-electron chi connectivity index (χ2n) is 5.31. The van der Waals surface area contributed by atoms with Gasteiger partial charge < -0.3 is 9.64 Å². The van der Waals surface area contributed by atoms with Gasteiger partial charge in [-0.15, -0.1) is 6.58 Å². The summed E-state index contributed by atoms with van der Waals surface area (Å²) in [6.45, 7) is 5.22. The van der Waals surface area contributed by atoms with Crippen LogP contribution in [0.4, 0.5) is 0 Å². The molecule has 0 atom stereocenters. The summed E-state index contributed by atoms with van der Waals surface area (Å²) in [5.41, 5.74) is 3.76. The highest BCUT2D eigenvalue weighted by atomic mass is 16.5. The van der Waals surface area contributed by atoms with Crippen molar-refractivity contribution in [2.24, 2.45) is 0 Å². The summed E-state index contributed by atoms with van der Waals surface area (Å²) in [6, 6.07) is 5.79. The van der Waals surface area contributed by atoms with Gasteiger partial charge in [0.05, 0.1) is 18.0 Å². The van der Waals surface area contributed by atoms with Gasteiger partial charge in [0, 0.05) is 37.5 Å². The van der Waals surface area contributed by atoms with Gasteiger partial charge in [-0.05, 0) is 23.8 Å². The van der Waals surface area contributed by atoms with Crippen molar-refractivity contribution in [3.05, 3.63) is 54.5 Å². The lowest BCUT2D eigenvalue weighted by atomic mass is 10.0. The molecule has 6 heteroatoms. The van der Waals surface area contributed by atoms with Gasteiger partial charge in [-0.25, -0.2) is 0 Å². The molecule has 2 aromatic heterocycles. The van der Waals surface area contributed by atoms with E-state index in [1.54, 1.807) is 23.4 Å². The SMILES string of the molecule is C=CCOCC(=O)N1CCc2nnc(-c3ccncc3)cc2C1. The van der Waals surface area contributed by atoms with Crippen LogP contribution in [0.15, 0.2) is 43.2 Å². The Morgan fingerprint density at radius 2 is 2.17 bits per heavy atom. The van der Waals surface area contributed by atoms with Crippen molar-refractivity contribution in [1.29, 1.82) is 0 Å². The van der Waals surface area contributed by atoms with Crippen LogP contribution >= 0.6 is 0 Å². The van der Waals surface area contributed by atoms with E-state index in [0.717, 1.165) is 22.5 Å². The molecule has 2 aromatic rings. The summed E-state index contributed by atoms with van der Waals surface area (Å²) >= 11 is 0. The first-order chi connectivity index (χ1) is 11.3. The number of ether oxygens (including phenoxy) is 1. The molecule has 0 saturated carbocycles. The standard InChI is InChI=1S/C17H18N4O2/c1-2-9-23-12-17(22)21-8-5-15-14(11-21)10-16(20-19-15)13-3-6-18-7-4-13/h2-4,6-7,10H,1,5,8-9,11-12H2. The van der Waals surface area contributed by atoms with E-state index in [1.165, 1.54) is 0 Å². The first-order valence-electron chi connectivity index (χ1n) is 7.50. The van der Waals surface area contributed by atoms with Gasteiger partial charge in [0.2, 0.25) is 5.91 Å². The third-order valence-corrected chi connectivity index (χ3v) is 3.73. The van der Waals surface area contributed by atoms with Gasteiger partial charge in [0.15, 0.2) is 0 Å². The normalized spacial score (nSPS) is 13.5. The van der Waals surface area contributed by atoms with Gasteiger partial charge >= 0.3 is 0 Å². The minimum absolute atomic E-state index is 0.0141. The number of fused-ring (bicyclic) bond motifs is 1. The van der Waals surface area contributed by atoms with E-state index >= 15 is 0 Å². The molecule has 0 N–H and O–H groups in total. The average Bonchev–Trinajstić information content (AvgIpc) is 2.61. The van der Waals surface area contributed by atoms with E-state index in [1.807, 2.05) is 18.2 Å². The number of nitrogens with zero attached hydrogens (tertiary/aromatic N) is 4. The minimum Gasteiger partial charge on any atom is -0.368 e. The van der Waals surface area contributed by atoms with Gasteiger partial charge in [-0.3, -0.25) is 9.78 Å². The molecule has 1 aliphatic rings. The first kappa shape index (κ1) is 15.3. The van der Waals surface area contributed by atoms with Crippen molar-refractivity contribution in [2.45, 2.75) is 13.0 Å². The highest BCUT2D eigenvalue weighted by Gasteiger charge is 2.22. The van der Waals surface area contributed by atoms with E-state index < -0.39 is 0 Å². The second-order valence-corrected chi connectivity index (χ2v) is 5.31. The van der Waals surface area contributed by atoms with E-state index in [4.69, 9.17) is 4.74 Å². The Kier molecular flexibility index (Phi) is 4.73. The van der Waals surface area contributed by atoms with Crippen molar-refractivity contribution in [2.75, 3.05) is 19.8 Å². The van der Waals surface area contributed by atoms with Crippen molar-refractivity contribution >= 4 is 5.91 Å². The Morgan fingerprint density at radius 3 is 2.96 bits per heavy atom. The summed E-state index contributed by atoms with van der Waals surface area (Å²) in [7, 11) is 0. The third-order valence-electron chi connectivity index (χ3n) is 3.73. The quantitative estimate of drug-likeness (QED) is 0.620. The monoisotopic (exact) mass is 310 g/mol. The molecule has 0 radical (unpaired) electrons. The van der Waals surface area contributed by atoms with E-state index in [9.17, 15) is 4.79 Å². The Hall–Kier alpha value is -2.60. The number of rotatable bonds is 5. The van der Waals surface area contributed by atoms with Crippen molar-refractivity contribution < 1.29 is 9.53 Å². The molecule has 0 aromatic carbocycles. The molecule has 0 unspecified atom stereocenters. The topological polar surface area (TPSA) is 68.2 Å². The van der Waals surface area contributed by atoms with Crippen LogP contribution in [0.25, 0.3) is 11.3 Å². The number of aromatic nitrogens is 3. The molecule has 118 valence electrons. The molecule has 23 heavy (non-hydrogen) atoms. The molecular weight excluding hydrogens is 292 g/mol. The molecule has 0 fully saturated rings. The summed E-state index contributed by atoms with van der Waals surface area (Å²) in [6.07, 6.45) is 5.80. The van der Waals surface area contributed by atoms with Crippen molar-refractivity contribution in [3.63, 3.8) is 0 Å². The predicted molar refractivity (Wildman–Crippen MR) is 85.4 cm³/mol. The zero-order valence-corrected chi connectivity index (χ0v) is 12.8. The van der Waals surface area contributed by atoms with Crippen LogP contribution in [0, 0.1) is 0 Å². The molecule has 1 amide bonds. The van der Waals surface area contributed by atoms with E-state index in [2.05, 4.69) is 21.8 Å². The van der Waals surface area contributed by atoms with E-state index in [0.29, 0.717) is 26.1 Å². The lowest BCUT2D eigenvalue weighted by Gasteiger charge is -2.28. The Labute approximate surface area is 134 Å². The second kappa shape index (κ2) is 7.11. The Morgan fingerprint density at radius 1 is 1.35 bits per heavy atom. The summed E-state index contributed by atoms with van der Waals surface area (Å²) < 4.78 is 5.23. The molecule has 6 nitrogen and oxygen atoms in total. The van der Waals surface area contributed by atoms with Crippen LogP contribution in [-0.2, 0) is 22.5 Å².